The van der Waals surface area contributed by atoms with Gasteiger partial charge < -0.3 is 9.47 Å². The van der Waals surface area contributed by atoms with Gasteiger partial charge in [0.1, 0.15) is 17.3 Å². The lowest BCUT2D eigenvalue weighted by molar-refractivity contribution is 0.102. The first-order chi connectivity index (χ1) is 19.1. The van der Waals surface area contributed by atoms with Crippen molar-refractivity contribution in [2.45, 2.75) is 32.6 Å². The summed E-state index contributed by atoms with van der Waals surface area (Å²) < 4.78 is 11.6. The number of nitrogens with zero attached hydrogens (tertiary/aromatic N) is 2. The van der Waals surface area contributed by atoms with Crippen molar-refractivity contribution in [3.05, 3.63) is 89.1 Å². The number of rotatable bonds is 13. The van der Waals surface area contributed by atoms with Crippen molar-refractivity contribution in [3.8, 4) is 22.8 Å². The Labute approximate surface area is 231 Å². The van der Waals surface area contributed by atoms with E-state index in [0.29, 0.717) is 29.5 Å². The number of hydrogen-bond acceptors (Lipinski definition) is 8. The third kappa shape index (κ3) is 7.86. The van der Waals surface area contributed by atoms with Crippen molar-refractivity contribution >= 4 is 28.2 Å². The Hall–Kier alpha value is -4.28. The van der Waals surface area contributed by atoms with E-state index >= 15 is 0 Å². The number of nitrogens with one attached hydrogen (secondary N) is 3. The molecule has 2 aromatic carbocycles. The summed E-state index contributed by atoms with van der Waals surface area (Å²) in [5.74, 6) is 1.25. The second kappa shape index (κ2) is 14.0. The van der Waals surface area contributed by atoms with Crippen molar-refractivity contribution in [3.63, 3.8) is 0 Å². The minimum Gasteiger partial charge on any atom is -0.494 e. The van der Waals surface area contributed by atoms with E-state index in [1.165, 1.54) is 17.5 Å². The van der Waals surface area contributed by atoms with Crippen molar-refractivity contribution in [2.24, 2.45) is 0 Å². The van der Waals surface area contributed by atoms with Gasteiger partial charge in [0.25, 0.3) is 5.91 Å². The summed E-state index contributed by atoms with van der Waals surface area (Å²) in [5, 5.41) is 19.7. The van der Waals surface area contributed by atoms with Crippen molar-refractivity contribution in [1.29, 1.82) is 5.41 Å². The molecule has 0 saturated heterocycles. The zero-order chi connectivity index (χ0) is 27.5. The molecule has 0 fully saturated rings. The van der Waals surface area contributed by atoms with Crippen LogP contribution in [-0.2, 0) is 6.42 Å². The Morgan fingerprint density at radius 2 is 1.62 bits per heavy atom. The van der Waals surface area contributed by atoms with E-state index < -0.39 is 0 Å². The van der Waals surface area contributed by atoms with E-state index in [4.69, 9.17) is 20.1 Å². The van der Waals surface area contributed by atoms with Gasteiger partial charge in [0.05, 0.1) is 24.5 Å². The highest BCUT2D eigenvalue weighted by Crippen LogP contribution is 2.32. The first kappa shape index (κ1) is 27.7. The minimum atomic E-state index is -0.228. The number of carbonyl (C=O) groups excluding carboxylic acids is 1. The number of ether oxygens (including phenoxy) is 2. The van der Waals surface area contributed by atoms with Crippen LogP contribution in [0.1, 0.15) is 47.0 Å². The van der Waals surface area contributed by atoms with Crippen LogP contribution in [0.25, 0.3) is 11.3 Å². The molecule has 10 heteroatoms. The van der Waals surface area contributed by atoms with E-state index in [1.807, 2.05) is 29.7 Å². The fourth-order valence-electron chi connectivity index (χ4n) is 3.79. The lowest BCUT2D eigenvalue weighted by atomic mass is 10.1. The molecule has 0 aliphatic carbocycles. The monoisotopic (exact) mass is 545 g/mol. The van der Waals surface area contributed by atoms with Crippen LogP contribution in [0.2, 0.25) is 0 Å². The molecule has 0 bridgehead atoms. The quantitative estimate of drug-likeness (QED) is 0.0707. The van der Waals surface area contributed by atoms with E-state index in [2.05, 4.69) is 22.2 Å². The van der Waals surface area contributed by atoms with Crippen LogP contribution in [0.4, 0.5) is 5.13 Å². The summed E-state index contributed by atoms with van der Waals surface area (Å²) in [4.78, 5) is 22.2. The van der Waals surface area contributed by atoms with Crippen LogP contribution in [-0.4, -0.2) is 40.1 Å². The first-order valence-corrected chi connectivity index (χ1v) is 13.5. The number of aryl methyl sites for hydroxylation is 1. The topological polar surface area (TPSA) is 129 Å². The molecule has 39 heavy (non-hydrogen) atoms. The smallest absolute Gasteiger partial charge is 0.259 e. The Balaban J connectivity index is 1.19. The minimum absolute atomic E-state index is 0.0539. The largest absolute Gasteiger partial charge is 0.494 e. The molecule has 0 saturated carbocycles. The lowest BCUT2D eigenvalue weighted by Gasteiger charge is -2.09. The standard InChI is InChI=1S/C29H31N5O4S/c1-2-25-26(32-29(39-25)33-28(35)22-7-6-16-31-19-22)20-8-12-23(13-9-20)37-17-4-3-5-18-38-24-14-10-21(11-15-24)27(30)34-36/h6-16,19,36H,2-5,17-18H2,1H3,(H2,30,34)(H,32,33,35). The molecule has 0 unspecified atom stereocenters. The second-order valence-electron chi connectivity index (χ2n) is 8.63. The maximum Gasteiger partial charge on any atom is 0.259 e. The predicted molar refractivity (Wildman–Crippen MR) is 152 cm³/mol. The van der Waals surface area contributed by atoms with Crippen LogP contribution in [0.15, 0.2) is 73.1 Å². The Morgan fingerprint density at radius 3 is 2.21 bits per heavy atom. The second-order valence-corrected chi connectivity index (χ2v) is 9.72. The molecular formula is C29H31N5O4S. The molecule has 0 atom stereocenters. The van der Waals surface area contributed by atoms with E-state index in [9.17, 15) is 4.79 Å². The number of carbonyl (C=O) groups is 1. The average molecular weight is 546 g/mol. The van der Waals surface area contributed by atoms with Gasteiger partial charge >= 0.3 is 0 Å². The number of anilines is 1. The first-order valence-electron chi connectivity index (χ1n) is 12.7. The average Bonchev–Trinajstić information content (AvgIpc) is 3.40. The molecule has 4 N–H and O–H groups in total. The van der Waals surface area contributed by atoms with Gasteiger partial charge in [-0.3, -0.25) is 31.2 Å². The van der Waals surface area contributed by atoms with Gasteiger partial charge in [0.2, 0.25) is 0 Å². The highest BCUT2D eigenvalue weighted by atomic mass is 32.1. The molecular weight excluding hydrogens is 514 g/mol. The van der Waals surface area contributed by atoms with Gasteiger partial charge in [0, 0.05) is 28.4 Å². The number of hydroxylamine groups is 1. The van der Waals surface area contributed by atoms with Crippen LogP contribution < -0.4 is 20.3 Å². The zero-order valence-corrected chi connectivity index (χ0v) is 22.5. The zero-order valence-electron chi connectivity index (χ0n) is 21.6. The molecule has 202 valence electrons. The molecule has 1 amide bonds. The number of hydrogen-bond donors (Lipinski definition) is 4. The maximum atomic E-state index is 12.5. The van der Waals surface area contributed by atoms with Crippen molar-refractivity contribution in [1.82, 2.24) is 15.4 Å². The number of thiazole rings is 1. The Morgan fingerprint density at radius 1 is 0.949 bits per heavy atom. The predicted octanol–water partition coefficient (Wildman–Crippen LogP) is 5.95. The summed E-state index contributed by atoms with van der Waals surface area (Å²) in [6, 6.07) is 18.3. The molecule has 0 spiro atoms. The van der Waals surface area contributed by atoms with Crippen LogP contribution in [0, 0.1) is 5.41 Å². The summed E-state index contributed by atoms with van der Waals surface area (Å²) in [7, 11) is 0. The van der Waals surface area contributed by atoms with Crippen molar-refractivity contribution in [2.75, 3.05) is 18.5 Å². The van der Waals surface area contributed by atoms with E-state index in [0.717, 1.165) is 53.3 Å². The molecule has 4 rings (SSSR count). The third-order valence-corrected chi connectivity index (χ3v) is 6.99. The number of unbranched alkanes of at least 4 members (excludes halogenated alkanes) is 2. The normalized spacial score (nSPS) is 10.6. The number of aromatic nitrogens is 2. The SMILES string of the molecule is CCc1sc(NC(=O)c2cccnc2)nc1-c1ccc(OCCCCCOc2ccc(C(=N)NO)cc2)cc1. The number of pyridine rings is 1. The Bertz CT molecular complexity index is 1360. The van der Waals surface area contributed by atoms with Gasteiger partial charge in [-0.1, -0.05) is 6.92 Å². The van der Waals surface area contributed by atoms with Gasteiger partial charge in [-0.2, -0.15) is 0 Å². The van der Waals surface area contributed by atoms with Crippen LogP contribution in [0.3, 0.4) is 0 Å². The van der Waals surface area contributed by atoms with Gasteiger partial charge in [-0.05, 0) is 86.3 Å². The maximum absolute atomic E-state index is 12.5. The number of amides is 1. The molecule has 2 aromatic heterocycles. The molecule has 2 heterocycles. The lowest BCUT2D eigenvalue weighted by Crippen LogP contribution is -2.18. The summed E-state index contributed by atoms with van der Waals surface area (Å²) >= 11 is 1.48. The van der Waals surface area contributed by atoms with Crippen molar-refractivity contribution < 1.29 is 19.5 Å². The summed E-state index contributed by atoms with van der Waals surface area (Å²) in [6.45, 7) is 3.29. The fourth-order valence-corrected chi connectivity index (χ4v) is 4.71. The highest BCUT2D eigenvalue weighted by Gasteiger charge is 2.15. The number of amidine groups is 1. The molecule has 4 aromatic rings. The summed E-state index contributed by atoms with van der Waals surface area (Å²) in [5.41, 5.74) is 4.75. The fraction of sp³-hybridized carbons (Fsp3) is 0.241. The third-order valence-electron chi connectivity index (χ3n) is 5.87. The van der Waals surface area contributed by atoms with Crippen LogP contribution >= 0.6 is 11.3 Å². The molecule has 0 aliphatic rings. The number of benzene rings is 2. The van der Waals surface area contributed by atoms with Gasteiger partial charge in [-0.15, -0.1) is 11.3 Å². The Kier molecular flexibility index (Phi) is 9.98. The molecule has 0 radical (unpaired) electrons. The van der Waals surface area contributed by atoms with E-state index in [-0.39, 0.29) is 11.7 Å². The molecule has 9 nitrogen and oxygen atoms in total. The van der Waals surface area contributed by atoms with Gasteiger partial charge in [-0.25, -0.2) is 4.98 Å². The van der Waals surface area contributed by atoms with Crippen LogP contribution in [0.5, 0.6) is 11.5 Å². The van der Waals surface area contributed by atoms with E-state index in [1.54, 1.807) is 42.6 Å². The highest BCUT2D eigenvalue weighted by molar-refractivity contribution is 7.16. The summed E-state index contributed by atoms with van der Waals surface area (Å²) in [6.07, 6.45) is 6.77. The van der Waals surface area contributed by atoms with Gasteiger partial charge in [0.15, 0.2) is 5.13 Å². The molecule has 0 aliphatic heterocycles.